The Labute approximate surface area is 104 Å². The third-order valence-corrected chi connectivity index (χ3v) is 3.80. The molecule has 0 aromatic carbocycles. The quantitative estimate of drug-likeness (QED) is 0.740. The molecular weight excluding hydrogens is 216 g/mol. The zero-order valence-electron chi connectivity index (χ0n) is 11.5. The Kier molecular flexibility index (Phi) is 4.95. The Morgan fingerprint density at radius 1 is 1.53 bits per heavy atom. The van der Waals surface area contributed by atoms with Crippen molar-refractivity contribution in [3.05, 3.63) is 0 Å². The number of hydrogen-bond donors (Lipinski definition) is 2. The summed E-state index contributed by atoms with van der Waals surface area (Å²) >= 11 is 0. The van der Waals surface area contributed by atoms with Crippen LogP contribution in [-0.4, -0.2) is 30.7 Å². The van der Waals surface area contributed by atoms with Gasteiger partial charge in [0, 0.05) is 18.1 Å². The smallest absolute Gasteiger partial charge is 0.237 e. The van der Waals surface area contributed by atoms with Gasteiger partial charge in [0.25, 0.3) is 0 Å². The molecule has 1 aliphatic carbocycles. The van der Waals surface area contributed by atoms with Gasteiger partial charge in [0.05, 0.1) is 12.1 Å². The van der Waals surface area contributed by atoms with Crippen molar-refractivity contribution in [2.24, 2.45) is 11.1 Å². The van der Waals surface area contributed by atoms with E-state index in [-0.39, 0.29) is 29.5 Å². The van der Waals surface area contributed by atoms with Crippen LogP contribution in [0.25, 0.3) is 0 Å². The summed E-state index contributed by atoms with van der Waals surface area (Å²) in [6.45, 7) is 9.02. The molecule has 1 amide bonds. The fourth-order valence-electron chi connectivity index (χ4n) is 2.34. The lowest BCUT2D eigenvalue weighted by Crippen LogP contribution is -2.63. The molecule has 3 unspecified atom stereocenters. The molecule has 100 valence electrons. The number of nitrogens with two attached hydrogens (primary N) is 1. The van der Waals surface area contributed by atoms with Crippen molar-refractivity contribution in [2.75, 3.05) is 6.61 Å². The van der Waals surface area contributed by atoms with Gasteiger partial charge in [-0.05, 0) is 19.8 Å². The number of carbonyl (C=O) groups excluding carboxylic acids is 1. The lowest BCUT2D eigenvalue weighted by molar-refractivity contribution is -0.137. The van der Waals surface area contributed by atoms with Gasteiger partial charge in [-0.25, -0.2) is 0 Å². The minimum Gasteiger partial charge on any atom is -0.378 e. The summed E-state index contributed by atoms with van der Waals surface area (Å²) in [5.74, 6) is -0.0279. The lowest BCUT2D eigenvalue weighted by atomic mass is 9.64. The fraction of sp³-hybridized carbons (Fsp3) is 0.923. The van der Waals surface area contributed by atoms with E-state index in [1.807, 2.05) is 13.8 Å². The van der Waals surface area contributed by atoms with E-state index in [1.54, 1.807) is 0 Å². The highest BCUT2D eigenvalue weighted by atomic mass is 16.5. The highest BCUT2D eigenvalue weighted by molar-refractivity contribution is 5.81. The second-order valence-electron chi connectivity index (χ2n) is 5.46. The molecule has 0 aromatic rings. The van der Waals surface area contributed by atoms with Crippen molar-refractivity contribution in [3.8, 4) is 0 Å². The number of amides is 1. The molecular formula is C13H26N2O2. The van der Waals surface area contributed by atoms with E-state index in [1.165, 1.54) is 0 Å². The first-order valence-corrected chi connectivity index (χ1v) is 6.61. The molecule has 1 saturated carbocycles. The van der Waals surface area contributed by atoms with Crippen LogP contribution in [0, 0.1) is 5.41 Å². The average molecular weight is 242 g/mol. The van der Waals surface area contributed by atoms with Gasteiger partial charge in [-0.15, -0.1) is 0 Å². The molecule has 1 fully saturated rings. The minimum atomic E-state index is -0.373. The molecule has 0 bridgehead atoms. The number of hydrogen-bond acceptors (Lipinski definition) is 3. The van der Waals surface area contributed by atoms with E-state index >= 15 is 0 Å². The first kappa shape index (κ1) is 14.5. The van der Waals surface area contributed by atoms with Crippen LogP contribution in [0.15, 0.2) is 0 Å². The summed E-state index contributed by atoms with van der Waals surface area (Å²) in [5.41, 5.74) is 5.80. The van der Waals surface area contributed by atoms with Gasteiger partial charge in [-0.3, -0.25) is 4.79 Å². The molecule has 0 spiro atoms. The average Bonchev–Trinajstić information content (AvgIpc) is 2.27. The molecule has 4 nitrogen and oxygen atoms in total. The van der Waals surface area contributed by atoms with Gasteiger partial charge in [-0.1, -0.05) is 27.2 Å². The van der Waals surface area contributed by atoms with Crippen LogP contribution in [0.5, 0.6) is 0 Å². The van der Waals surface area contributed by atoms with Gasteiger partial charge in [-0.2, -0.15) is 0 Å². The van der Waals surface area contributed by atoms with Crippen LogP contribution >= 0.6 is 0 Å². The Morgan fingerprint density at radius 3 is 2.65 bits per heavy atom. The van der Waals surface area contributed by atoms with Crippen molar-refractivity contribution < 1.29 is 9.53 Å². The molecule has 0 heterocycles. The van der Waals surface area contributed by atoms with E-state index in [0.29, 0.717) is 0 Å². The predicted octanol–water partition coefficient (Wildman–Crippen LogP) is 1.43. The van der Waals surface area contributed by atoms with Gasteiger partial charge in [0.2, 0.25) is 5.91 Å². The summed E-state index contributed by atoms with van der Waals surface area (Å²) < 4.78 is 5.63. The summed E-state index contributed by atoms with van der Waals surface area (Å²) in [7, 11) is 0. The van der Waals surface area contributed by atoms with Gasteiger partial charge in [0.15, 0.2) is 0 Å². The maximum absolute atomic E-state index is 11.8. The van der Waals surface area contributed by atoms with Crippen molar-refractivity contribution in [1.29, 1.82) is 0 Å². The molecule has 0 aliphatic heterocycles. The topological polar surface area (TPSA) is 64.4 Å². The van der Waals surface area contributed by atoms with Crippen LogP contribution in [0.3, 0.4) is 0 Å². The summed E-state index contributed by atoms with van der Waals surface area (Å²) in [5, 5.41) is 3.04. The largest absolute Gasteiger partial charge is 0.378 e. The SMILES string of the molecule is CCCC(N)C(=O)NC1CC(OCC)C1(C)C. The molecule has 3 atom stereocenters. The molecule has 3 N–H and O–H groups in total. The Bertz CT molecular complexity index is 266. The van der Waals surface area contributed by atoms with E-state index in [2.05, 4.69) is 19.2 Å². The van der Waals surface area contributed by atoms with Crippen LogP contribution in [0.4, 0.5) is 0 Å². The van der Waals surface area contributed by atoms with Crippen molar-refractivity contribution >= 4 is 5.91 Å². The zero-order valence-corrected chi connectivity index (χ0v) is 11.5. The minimum absolute atomic E-state index is 0.0115. The first-order chi connectivity index (χ1) is 7.93. The monoisotopic (exact) mass is 242 g/mol. The highest BCUT2D eigenvalue weighted by Gasteiger charge is 2.49. The van der Waals surface area contributed by atoms with Crippen molar-refractivity contribution in [2.45, 2.75) is 65.1 Å². The third kappa shape index (κ3) is 3.19. The van der Waals surface area contributed by atoms with E-state index < -0.39 is 0 Å². The second-order valence-corrected chi connectivity index (χ2v) is 5.46. The molecule has 1 aliphatic rings. The second kappa shape index (κ2) is 5.83. The van der Waals surface area contributed by atoms with Gasteiger partial charge >= 0.3 is 0 Å². The highest BCUT2D eigenvalue weighted by Crippen LogP contribution is 2.42. The van der Waals surface area contributed by atoms with Crippen LogP contribution in [0.2, 0.25) is 0 Å². The number of nitrogens with one attached hydrogen (secondary N) is 1. The summed E-state index contributed by atoms with van der Waals surface area (Å²) in [4.78, 5) is 11.8. The fourth-order valence-corrected chi connectivity index (χ4v) is 2.34. The Hall–Kier alpha value is -0.610. The van der Waals surface area contributed by atoms with Crippen LogP contribution in [-0.2, 0) is 9.53 Å². The zero-order chi connectivity index (χ0) is 13.1. The maximum Gasteiger partial charge on any atom is 0.237 e. The lowest BCUT2D eigenvalue weighted by Gasteiger charge is -2.51. The number of rotatable bonds is 6. The maximum atomic E-state index is 11.8. The predicted molar refractivity (Wildman–Crippen MR) is 68.6 cm³/mol. The van der Waals surface area contributed by atoms with E-state index in [0.717, 1.165) is 25.9 Å². The van der Waals surface area contributed by atoms with Crippen LogP contribution < -0.4 is 11.1 Å². The molecule has 0 radical (unpaired) electrons. The summed E-state index contributed by atoms with van der Waals surface area (Å²) in [6.07, 6.45) is 2.82. The molecule has 4 heteroatoms. The van der Waals surface area contributed by atoms with Crippen molar-refractivity contribution in [3.63, 3.8) is 0 Å². The third-order valence-electron chi connectivity index (χ3n) is 3.80. The van der Waals surface area contributed by atoms with E-state index in [9.17, 15) is 4.79 Å². The number of carbonyl (C=O) groups is 1. The van der Waals surface area contributed by atoms with Gasteiger partial charge in [0.1, 0.15) is 0 Å². The standard InChI is InChI=1S/C13H26N2O2/c1-5-7-9(14)12(16)15-10-8-11(17-6-2)13(10,3)4/h9-11H,5-8,14H2,1-4H3,(H,15,16). The Morgan fingerprint density at radius 2 is 2.18 bits per heavy atom. The normalized spacial score (nSPS) is 28.3. The van der Waals surface area contributed by atoms with Crippen molar-refractivity contribution in [1.82, 2.24) is 5.32 Å². The van der Waals surface area contributed by atoms with E-state index in [4.69, 9.17) is 10.5 Å². The summed E-state index contributed by atoms with van der Waals surface area (Å²) in [6, 6.07) is -0.184. The van der Waals surface area contributed by atoms with Crippen LogP contribution in [0.1, 0.15) is 47.0 Å². The number of ether oxygens (including phenoxy) is 1. The molecule has 0 saturated heterocycles. The molecule has 0 aromatic heterocycles. The Balaban J connectivity index is 2.42. The van der Waals surface area contributed by atoms with Gasteiger partial charge < -0.3 is 15.8 Å². The molecule has 1 rings (SSSR count). The first-order valence-electron chi connectivity index (χ1n) is 6.61. The molecule has 17 heavy (non-hydrogen) atoms.